The highest BCUT2D eigenvalue weighted by Gasteiger charge is 2.29. The molecule has 2 N–H and O–H groups in total. The van der Waals surface area contributed by atoms with Crippen molar-refractivity contribution in [1.29, 1.82) is 0 Å². The van der Waals surface area contributed by atoms with Crippen molar-refractivity contribution in [1.82, 2.24) is 14.8 Å². The summed E-state index contributed by atoms with van der Waals surface area (Å²) in [6, 6.07) is 0. The van der Waals surface area contributed by atoms with Crippen LogP contribution >= 0.6 is 11.3 Å². The molecule has 2 aromatic heterocycles. The van der Waals surface area contributed by atoms with Gasteiger partial charge >= 0.3 is 0 Å². The van der Waals surface area contributed by atoms with Crippen LogP contribution in [-0.2, 0) is 19.4 Å². The molecule has 24 heavy (non-hydrogen) atoms. The minimum absolute atomic E-state index is 0.184. The molecule has 0 radical (unpaired) electrons. The number of amides is 1. The molecule has 0 saturated carbocycles. The number of anilines is 1. The predicted octanol–water partition coefficient (Wildman–Crippen LogP) is 2.19. The molecule has 3 rings (SSSR count). The minimum Gasteiger partial charge on any atom is -0.507 e. The number of carbonyl (C=O) groups excluding carboxylic acids is 1. The van der Waals surface area contributed by atoms with Crippen LogP contribution in [0.4, 0.5) is 5.13 Å². The minimum atomic E-state index is -0.639. The molecule has 1 aliphatic rings. The fraction of sp³-hybridized carbons (Fsp3) is 0.500. The van der Waals surface area contributed by atoms with Gasteiger partial charge in [-0.1, -0.05) is 25.2 Å². The Hall–Kier alpha value is -2.22. The summed E-state index contributed by atoms with van der Waals surface area (Å²) in [5.74, 6) is -0.411. The van der Waals surface area contributed by atoms with Crippen molar-refractivity contribution in [2.75, 3.05) is 5.32 Å². The van der Waals surface area contributed by atoms with Crippen LogP contribution in [0.15, 0.2) is 10.3 Å². The zero-order valence-corrected chi connectivity index (χ0v) is 14.5. The van der Waals surface area contributed by atoms with E-state index in [1.165, 1.54) is 5.51 Å². The van der Waals surface area contributed by atoms with Gasteiger partial charge in [-0.15, -0.1) is 10.2 Å². The van der Waals surface area contributed by atoms with Crippen LogP contribution < -0.4 is 10.9 Å². The van der Waals surface area contributed by atoms with Gasteiger partial charge in [0.15, 0.2) is 0 Å². The van der Waals surface area contributed by atoms with Gasteiger partial charge in [-0.25, -0.2) is 0 Å². The number of carbonyl (C=O) groups is 1. The summed E-state index contributed by atoms with van der Waals surface area (Å²) in [5, 5.41) is 20.9. The van der Waals surface area contributed by atoms with Crippen molar-refractivity contribution in [3.63, 3.8) is 0 Å². The molecule has 0 bridgehead atoms. The number of hydrogen-bond donors (Lipinski definition) is 2. The standard InChI is InChI=1S/C16H20N4O3S/c1-3-6-20-11-5-4-9(2)7-10(11)13(21)12(15(20)23)14(22)18-16-19-17-8-24-16/h8-9,21H,3-7H2,1-2H3,(H,18,19,22)/t9-/m0/s1. The highest BCUT2D eigenvalue weighted by Crippen LogP contribution is 2.33. The van der Waals surface area contributed by atoms with Gasteiger partial charge in [0.2, 0.25) is 5.13 Å². The molecule has 7 nitrogen and oxygen atoms in total. The van der Waals surface area contributed by atoms with Crippen LogP contribution in [0.3, 0.4) is 0 Å². The van der Waals surface area contributed by atoms with E-state index < -0.39 is 11.5 Å². The number of nitrogens with one attached hydrogen (secondary N) is 1. The van der Waals surface area contributed by atoms with Gasteiger partial charge in [-0.3, -0.25) is 14.9 Å². The number of pyridine rings is 1. The van der Waals surface area contributed by atoms with Crippen LogP contribution in [0.5, 0.6) is 5.75 Å². The van der Waals surface area contributed by atoms with Crippen molar-refractivity contribution in [2.45, 2.75) is 46.1 Å². The van der Waals surface area contributed by atoms with Gasteiger partial charge < -0.3 is 9.67 Å². The summed E-state index contributed by atoms with van der Waals surface area (Å²) >= 11 is 1.16. The lowest BCUT2D eigenvalue weighted by atomic mass is 9.86. The quantitative estimate of drug-likeness (QED) is 0.883. The smallest absolute Gasteiger partial charge is 0.267 e. The molecule has 0 saturated heterocycles. The van der Waals surface area contributed by atoms with E-state index in [1.54, 1.807) is 4.57 Å². The molecule has 0 aliphatic heterocycles. The molecular formula is C16H20N4O3S. The molecule has 2 aromatic rings. The average molecular weight is 348 g/mol. The Balaban J connectivity index is 2.11. The summed E-state index contributed by atoms with van der Waals surface area (Å²) in [7, 11) is 0. The fourth-order valence-corrected chi connectivity index (χ4v) is 3.64. The van der Waals surface area contributed by atoms with E-state index in [0.29, 0.717) is 24.0 Å². The van der Waals surface area contributed by atoms with Crippen molar-refractivity contribution in [3.05, 3.63) is 32.7 Å². The first-order valence-electron chi connectivity index (χ1n) is 8.07. The van der Waals surface area contributed by atoms with E-state index in [0.717, 1.165) is 41.9 Å². The maximum Gasteiger partial charge on any atom is 0.267 e. The number of aromatic nitrogens is 3. The van der Waals surface area contributed by atoms with E-state index in [1.807, 2.05) is 6.92 Å². The average Bonchev–Trinajstić information content (AvgIpc) is 3.04. The molecule has 8 heteroatoms. The SMILES string of the molecule is CCCn1c2c(c(O)c(C(=O)Nc3nncs3)c1=O)C[C@@H](C)CC2. The third-order valence-electron chi connectivity index (χ3n) is 4.34. The van der Waals surface area contributed by atoms with Gasteiger partial charge in [0.25, 0.3) is 11.5 Å². The molecule has 2 heterocycles. The molecule has 128 valence electrons. The first-order valence-corrected chi connectivity index (χ1v) is 8.95. The summed E-state index contributed by atoms with van der Waals surface area (Å²) < 4.78 is 1.65. The molecule has 0 spiro atoms. The Morgan fingerprint density at radius 2 is 2.33 bits per heavy atom. The third kappa shape index (κ3) is 2.93. The third-order valence-corrected chi connectivity index (χ3v) is 4.94. The first-order chi connectivity index (χ1) is 11.5. The van der Waals surface area contributed by atoms with Crippen LogP contribution in [0.1, 0.15) is 48.3 Å². The van der Waals surface area contributed by atoms with Gasteiger partial charge in [0, 0.05) is 17.8 Å². The Morgan fingerprint density at radius 3 is 3.00 bits per heavy atom. The summed E-state index contributed by atoms with van der Waals surface area (Å²) in [6.45, 7) is 4.63. The van der Waals surface area contributed by atoms with E-state index in [4.69, 9.17) is 0 Å². The molecule has 0 aromatic carbocycles. The zero-order chi connectivity index (χ0) is 17.3. The summed E-state index contributed by atoms with van der Waals surface area (Å²) in [4.78, 5) is 25.3. The lowest BCUT2D eigenvalue weighted by Crippen LogP contribution is -2.34. The summed E-state index contributed by atoms with van der Waals surface area (Å²) in [5.41, 5.74) is 2.43. The van der Waals surface area contributed by atoms with Gasteiger partial charge in [-0.05, 0) is 31.6 Å². The maximum atomic E-state index is 12.8. The number of hydrogen-bond acceptors (Lipinski definition) is 6. The normalized spacial score (nSPS) is 16.7. The second-order valence-corrected chi connectivity index (χ2v) is 6.98. The predicted molar refractivity (Wildman–Crippen MR) is 91.7 cm³/mol. The van der Waals surface area contributed by atoms with Crippen LogP contribution in [0.2, 0.25) is 0 Å². The molecule has 0 unspecified atom stereocenters. The Kier molecular flexibility index (Phi) is 4.66. The monoisotopic (exact) mass is 348 g/mol. The van der Waals surface area contributed by atoms with Crippen LogP contribution in [0.25, 0.3) is 0 Å². The molecule has 1 atom stereocenters. The van der Waals surface area contributed by atoms with E-state index in [9.17, 15) is 14.7 Å². The maximum absolute atomic E-state index is 12.8. The molecule has 0 fully saturated rings. The Labute approximate surface area is 143 Å². The van der Waals surface area contributed by atoms with Crippen molar-refractivity contribution < 1.29 is 9.90 Å². The second-order valence-electron chi connectivity index (χ2n) is 6.15. The molecule has 1 amide bonds. The van der Waals surface area contributed by atoms with E-state index in [2.05, 4.69) is 22.4 Å². The molecular weight excluding hydrogens is 328 g/mol. The van der Waals surface area contributed by atoms with Crippen LogP contribution in [0, 0.1) is 5.92 Å². The fourth-order valence-electron chi connectivity index (χ4n) is 3.20. The van der Waals surface area contributed by atoms with Crippen molar-refractivity contribution in [3.8, 4) is 5.75 Å². The first kappa shape index (κ1) is 16.6. The lowest BCUT2D eigenvalue weighted by molar-refractivity contribution is 0.102. The van der Waals surface area contributed by atoms with Crippen molar-refractivity contribution in [2.24, 2.45) is 5.92 Å². The second kappa shape index (κ2) is 6.72. The van der Waals surface area contributed by atoms with Gasteiger partial charge in [0.1, 0.15) is 16.8 Å². The summed E-state index contributed by atoms with van der Waals surface area (Å²) in [6.07, 6.45) is 3.18. The molecule has 1 aliphatic carbocycles. The number of fused-ring (bicyclic) bond motifs is 1. The largest absolute Gasteiger partial charge is 0.507 e. The number of rotatable bonds is 4. The number of aromatic hydroxyl groups is 1. The highest BCUT2D eigenvalue weighted by molar-refractivity contribution is 7.13. The lowest BCUT2D eigenvalue weighted by Gasteiger charge is -2.26. The Morgan fingerprint density at radius 1 is 1.54 bits per heavy atom. The van der Waals surface area contributed by atoms with E-state index in [-0.39, 0.29) is 11.3 Å². The Bertz CT molecular complexity index is 814. The number of nitrogens with zero attached hydrogens (tertiary/aromatic N) is 3. The van der Waals surface area contributed by atoms with Gasteiger partial charge in [-0.2, -0.15) is 0 Å². The highest BCUT2D eigenvalue weighted by atomic mass is 32.1. The zero-order valence-electron chi connectivity index (χ0n) is 13.7. The topological polar surface area (TPSA) is 97.1 Å². The van der Waals surface area contributed by atoms with E-state index >= 15 is 0 Å². The van der Waals surface area contributed by atoms with Gasteiger partial charge in [0.05, 0.1) is 0 Å². The van der Waals surface area contributed by atoms with Crippen molar-refractivity contribution >= 4 is 22.4 Å². The van der Waals surface area contributed by atoms with Crippen LogP contribution in [-0.4, -0.2) is 25.8 Å².